The minimum atomic E-state index is -0.114. The van der Waals surface area contributed by atoms with Crippen LogP contribution >= 0.6 is 0 Å². The van der Waals surface area contributed by atoms with Gasteiger partial charge in [-0.05, 0) is 31.2 Å². The van der Waals surface area contributed by atoms with Gasteiger partial charge in [-0.3, -0.25) is 0 Å². The molecule has 0 aromatic carbocycles. The van der Waals surface area contributed by atoms with Gasteiger partial charge in [0.2, 0.25) is 0 Å². The average Bonchev–Trinajstić information content (AvgIpc) is 2.26. The molecule has 0 amide bonds. The molecule has 0 saturated carbocycles. The van der Waals surface area contributed by atoms with Crippen molar-refractivity contribution < 1.29 is 9.84 Å². The Kier molecular flexibility index (Phi) is 5.22. The molecule has 1 aliphatic heterocycles. The average molecular weight is 229 g/mol. The molecule has 0 aliphatic carbocycles. The number of ether oxygens (including phenoxy) is 1. The molecule has 1 saturated heterocycles. The molecular formula is C13H27NO2. The summed E-state index contributed by atoms with van der Waals surface area (Å²) in [7, 11) is 0. The Morgan fingerprint density at radius 3 is 2.56 bits per heavy atom. The molecule has 96 valence electrons. The Morgan fingerprint density at radius 2 is 2.06 bits per heavy atom. The van der Waals surface area contributed by atoms with Crippen molar-refractivity contribution in [2.24, 2.45) is 11.8 Å². The standard InChI is InChI=1S/C13H27NO2/c1-10(2)8-14-13(9-15)5-6-16-12(7-13)11(3)4/h10-12,14-15H,5-9H2,1-4H3. The first kappa shape index (κ1) is 13.9. The van der Waals surface area contributed by atoms with E-state index in [1.165, 1.54) is 0 Å². The highest BCUT2D eigenvalue weighted by Crippen LogP contribution is 2.28. The molecule has 0 bridgehead atoms. The van der Waals surface area contributed by atoms with Gasteiger partial charge in [-0.2, -0.15) is 0 Å². The number of hydrogen-bond donors (Lipinski definition) is 2. The molecule has 0 aromatic rings. The predicted molar refractivity (Wildman–Crippen MR) is 66.5 cm³/mol. The minimum Gasteiger partial charge on any atom is -0.394 e. The molecule has 1 fully saturated rings. The summed E-state index contributed by atoms with van der Waals surface area (Å²) in [5.74, 6) is 1.14. The number of aliphatic hydroxyl groups excluding tert-OH is 1. The van der Waals surface area contributed by atoms with Gasteiger partial charge in [-0.25, -0.2) is 0 Å². The van der Waals surface area contributed by atoms with Crippen LogP contribution in [0.4, 0.5) is 0 Å². The molecule has 2 N–H and O–H groups in total. The van der Waals surface area contributed by atoms with Crippen LogP contribution in [0.3, 0.4) is 0 Å². The highest BCUT2D eigenvalue weighted by Gasteiger charge is 2.37. The molecule has 2 unspecified atom stereocenters. The normalized spacial score (nSPS) is 31.3. The lowest BCUT2D eigenvalue weighted by Crippen LogP contribution is -2.56. The molecule has 0 aromatic heterocycles. The lowest BCUT2D eigenvalue weighted by molar-refractivity contribution is -0.0650. The smallest absolute Gasteiger partial charge is 0.0616 e. The van der Waals surface area contributed by atoms with Gasteiger partial charge in [0.25, 0.3) is 0 Å². The Hall–Kier alpha value is -0.120. The highest BCUT2D eigenvalue weighted by molar-refractivity contribution is 4.93. The van der Waals surface area contributed by atoms with E-state index >= 15 is 0 Å². The van der Waals surface area contributed by atoms with Gasteiger partial charge in [0.15, 0.2) is 0 Å². The zero-order chi connectivity index (χ0) is 12.2. The zero-order valence-electron chi connectivity index (χ0n) is 11.1. The maximum absolute atomic E-state index is 9.64. The van der Waals surface area contributed by atoms with Crippen LogP contribution < -0.4 is 5.32 Å². The molecular weight excluding hydrogens is 202 g/mol. The number of hydrogen-bond acceptors (Lipinski definition) is 3. The second kappa shape index (κ2) is 5.99. The van der Waals surface area contributed by atoms with E-state index in [2.05, 4.69) is 33.0 Å². The van der Waals surface area contributed by atoms with Crippen molar-refractivity contribution in [1.29, 1.82) is 0 Å². The Labute approximate surface area is 99.6 Å². The first-order valence-electron chi connectivity index (χ1n) is 6.46. The quantitative estimate of drug-likeness (QED) is 0.755. The lowest BCUT2D eigenvalue weighted by atomic mass is 9.83. The van der Waals surface area contributed by atoms with Crippen molar-refractivity contribution in [2.75, 3.05) is 19.8 Å². The van der Waals surface area contributed by atoms with E-state index in [0.717, 1.165) is 26.0 Å². The van der Waals surface area contributed by atoms with Crippen molar-refractivity contribution in [3.05, 3.63) is 0 Å². The Morgan fingerprint density at radius 1 is 1.38 bits per heavy atom. The fraction of sp³-hybridized carbons (Fsp3) is 1.00. The van der Waals surface area contributed by atoms with Gasteiger partial charge in [0, 0.05) is 12.1 Å². The summed E-state index contributed by atoms with van der Waals surface area (Å²) < 4.78 is 5.75. The summed E-state index contributed by atoms with van der Waals surface area (Å²) >= 11 is 0. The second-order valence-electron chi connectivity index (χ2n) is 5.82. The first-order chi connectivity index (χ1) is 7.49. The Bertz CT molecular complexity index is 206. The van der Waals surface area contributed by atoms with Gasteiger partial charge < -0.3 is 15.2 Å². The van der Waals surface area contributed by atoms with E-state index in [-0.39, 0.29) is 18.2 Å². The van der Waals surface area contributed by atoms with E-state index in [9.17, 15) is 5.11 Å². The van der Waals surface area contributed by atoms with Crippen LogP contribution in [0, 0.1) is 11.8 Å². The number of rotatable bonds is 5. The van der Waals surface area contributed by atoms with E-state index < -0.39 is 0 Å². The fourth-order valence-corrected chi connectivity index (χ4v) is 2.16. The van der Waals surface area contributed by atoms with Crippen LogP contribution in [0.2, 0.25) is 0 Å². The van der Waals surface area contributed by atoms with Gasteiger partial charge in [-0.1, -0.05) is 27.7 Å². The van der Waals surface area contributed by atoms with Gasteiger partial charge in [-0.15, -0.1) is 0 Å². The molecule has 2 atom stereocenters. The predicted octanol–water partition coefficient (Wildman–Crippen LogP) is 1.80. The van der Waals surface area contributed by atoms with E-state index in [4.69, 9.17) is 4.74 Å². The third kappa shape index (κ3) is 3.72. The van der Waals surface area contributed by atoms with Crippen LogP contribution in [0.25, 0.3) is 0 Å². The maximum atomic E-state index is 9.64. The van der Waals surface area contributed by atoms with Crippen LogP contribution in [-0.4, -0.2) is 36.5 Å². The highest BCUT2D eigenvalue weighted by atomic mass is 16.5. The van der Waals surface area contributed by atoms with Crippen molar-refractivity contribution in [3.8, 4) is 0 Å². The summed E-state index contributed by atoms with van der Waals surface area (Å²) in [4.78, 5) is 0. The number of nitrogens with one attached hydrogen (secondary N) is 1. The monoisotopic (exact) mass is 229 g/mol. The third-order valence-electron chi connectivity index (χ3n) is 3.44. The van der Waals surface area contributed by atoms with E-state index in [1.54, 1.807) is 0 Å². The summed E-state index contributed by atoms with van der Waals surface area (Å²) in [5.41, 5.74) is -0.114. The molecule has 3 nitrogen and oxygen atoms in total. The third-order valence-corrected chi connectivity index (χ3v) is 3.44. The summed E-state index contributed by atoms with van der Waals surface area (Å²) in [6, 6.07) is 0. The molecule has 1 aliphatic rings. The van der Waals surface area contributed by atoms with Crippen LogP contribution in [-0.2, 0) is 4.74 Å². The van der Waals surface area contributed by atoms with Crippen molar-refractivity contribution >= 4 is 0 Å². The molecule has 1 heterocycles. The van der Waals surface area contributed by atoms with Crippen molar-refractivity contribution in [1.82, 2.24) is 5.32 Å². The van der Waals surface area contributed by atoms with Crippen LogP contribution in [0.15, 0.2) is 0 Å². The van der Waals surface area contributed by atoms with E-state index in [0.29, 0.717) is 11.8 Å². The fourth-order valence-electron chi connectivity index (χ4n) is 2.16. The first-order valence-corrected chi connectivity index (χ1v) is 6.46. The van der Waals surface area contributed by atoms with E-state index in [1.807, 2.05) is 0 Å². The molecule has 0 spiro atoms. The van der Waals surface area contributed by atoms with Gasteiger partial charge in [0.1, 0.15) is 0 Å². The van der Waals surface area contributed by atoms with Gasteiger partial charge in [0.05, 0.1) is 12.7 Å². The molecule has 0 radical (unpaired) electrons. The summed E-state index contributed by atoms with van der Waals surface area (Å²) in [5, 5.41) is 13.2. The lowest BCUT2D eigenvalue weighted by Gasteiger charge is -2.42. The SMILES string of the molecule is CC(C)CNC1(CO)CCOC(C(C)C)C1. The van der Waals surface area contributed by atoms with Crippen LogP contribution in [0.5, 0.6) is 0 Å². The topological polar surface area (TPSA) is 41.5 Å². The zero-order valence-corrected chi connectivity index (χ0v) is 11.1. The molecule has 16 heavy (non-hydrogen) atoms. The van der Waals surface area contributed by atoms with Gasteiger partial charge >= 0.3 is 0 Å². The molecule has 3 heteroatoms. The maximum Gasteiger partial charge on any atom is 0.0616 e. The second-order valence-corrected chi connectivity index (χ2v) is 5.82. The summed E-state index contributed by atoms with van der Waals surface area (Å²) in [6.45, 7) is 10.7. The van der Waals surface area contributed by atoms with Crippen molar-refractivity contribution in [3.63, 3.8) is 0 Å². The molecule has 1 rings (SSSR count). The largest absolute Gasteiger partial charge is 0.394 e. The summed E-state index contributed by atoms with van der Waals surface area (Å²) in [6.07, 6.45) is 2.12. The number of aliphatic hydroxyl groups is 1. The van der Waals surface area contributed by atoms with Crippen LogP contribution in [0.1, 0.15) is 40.5 Å². The minimum absolute atomic E-state index is 0.114. The Balaban J connectivity index is 2.56. The van der Waals surface area contributed by atoms with Crippen molar-refractivity contribution in [2.45, 2.75) is 52.2 Å².